The van der Waals surface area contributed by atoms with E-state index in [9.17, 15) is 18.0 Å². The average Bonchev–Trinajstić information content (AvgIpc) is 3.38. The summed E-state index contributed by atoms with van der Waals surface area (Å²) in [6, 6.07) is 12.6. The van der Waals surface area contributed by atoms with Crippen molar-refractivity contribution >= 4 is 48.5 Å². The van der Waals surface area contributed by atoms with Crippen molar-refractivity contribution < 1.29 is 13.2 Å². The molecule has 1 aliphatic rings. The minimum atomic E-state index is -3.69. The molecule has 0 bridgehead atoms. The molecule has 4 aromatic rings. The van der Waals surface area contributed by atoms with Crippen molar-refractivity contribution in [3.8, 4) is 0 Å². The van der Waals surface area contributed by atoms with Gasteiger partial charge < -0.3 is 14.9 Å². The molecule has 1 aliphatic heterocycles. The van der Waals surface area contributed by atoms with Gasteiger partial charge >= 0.3 is 4.87 Å². The van der Waals surface area contributed by atoms with Crippen LogP contribution in [0.3, 0.4) is 0 Å². The van der Waals surface area contributed by atoms with E-state index in [-0.39, 0.29) is 34.7 Å². The van der Waals surface area contributed by atoms with E-state index in [0.717, 1.165) is 28.2 Å². The molecule has 34 heavy (non-hydrogen) atoms. The van der Waals surface area contributed by atoms with Crippen LogP contribution in [0, 0.1) is 5.92 Å². The second kappa shape index (κ2) is 8.97. The molecule has 0 atom stereocenters. The number of rotatable bonds is 6. The van der Waals surface area contributed by atoms with Crippen molar-refractivity contribution in [1.29, 1.82) is 0 Å². The van der Waals surface area contributed by atoms with Gasteiger partial charge in [0.1, 0.15) is 5.82 Å². The summed E-state index contributed by atoms with van der Waals surface area (Å²) in [6.45, 7) is 1.04. The van der Waals surface area contributed by atoms with Gasteiger partial charge in [0, 0.05) is 39.0 Å². The van der Waals surface area contributed by atoms with Gasteiger partial charge in [0.2, 0.25) is 15.9 Å². The number of sulfonamides is 1. The second-order valence-electron chi connectivity index (χ2n) is 8.48. The molecule has 11 heteroatoms. The number of amides is 1. The number of hydrogen-bond donors (Lipinski definition) is 2. The van der Waals surface area contributed by atoms with Crippen LogP contribution in [0.25, 0.3) is 21.3 Å². The predicted octanol–water partition coefficient (Wildman–Crippen LogP) is 2.24. The highest BCUT2D eigenvalue weighted by Gasteiger charge is 2.32. The predicted molar refractivity (Wildman–Crippen MR) is 131 cm³/mol. The number of aromatic amines is 1. The summed E-state index contributed by atoms with van der Waals surface area (Å²) in [7, 11) is -2.02. The molecule has 0 spiro atoms. The zero-order valence-corrected chi connectivity index (χ0v) is 20.3. The molecule has 3 heterocycles. The molecule has 0 radical (unpaired) electrons. The Hall–Kier alpha value is -3.02. The van der Waals surface area contributed by atoms with E-state index in [0.29, 0.717) is 36.0 Å². The summed E-state index contributed by atoms with van der Waals surface area (Å²) in [5.41, 5.74) is 2.59. The van der Waals surface area contributed by atoms with Crippen LogP contribution in [0.2, 0.25) is 0 Å². The van der Waals surface area contributed by atoms with Gasteiger partial charge in [-0.3, -0.25) is 9.59 Å². The van der Waals surface area contributed by atoms with Gasteiger partial charge in [-0.1, -0.05) is 23.5 Å². The topological polar surface area (TPSA) is 117 Å². The quantitative estimate of drug-likeness (QED) is 0.422. The molecule has 178 valence electrons. The number of carbonyl (C=O) groups is 1. The van der Waals surface area contributed by atoms with Gasteiger partial charge in [-0.25, -0.2) is 13.4 Å². The third-order valence-corrected chi connectivity index (χ3v) is 9.22. The van der Waals surface area contributed by atoms with Crippen LogP contribution in [0.4, 0.5) is 0 Å². The number of nitrogens with zero attached hydrogens (tertiary/aromatic N) is 3. The number of nitrogens with one attached hydrogen (secondary N) is 2. The largest absolute Gasteiger partial charge is 0.355 e. The number of para-hydroxylation sites is 2. The maximum atomic E-state index is 13.1. The SMILES string of the molecule is Cn1c(=O)sc2cc(S(=O)(=O)N3CCC(C(=O)NCCc4nc5ccccc5[nH]4)CC3)ccc21. The Morgan fingerprint density at radius 2 is 1.97 bits per heavy atom. The molecule has 0 saturated carbocycles. The maximum absolute atomic E-state index is 13.1. The third kappa shape index (κ3) is 4.26. The number of aryl methyl sites for hydroxylation is 1. The van der Waals surface area contributed by atoms with Crippen molar-refractivity contribution in [3.63, 3.8) is 0 Å². The first-order valence-corrected chi connectivity index (χ1v) is 13.4. The monoisotopic (exact) mass is 499 g/mol. The number of benzene rings is 2. The van der Waals surface area contributed by atoms with Gasteiger partial charge in [0.15, 0.2) is 0 Å². The molecule has 1 fully saturated rings. The van der Waals surface area contributed by atoms with Crippen LogP contribution in [0.15, 0.2) is 52.2 Å². The molecule has 2 N–H and O–H groups in total. The summed E-state index contributed by atoms with van der Waals surface area (Å²) in [6.07, 6.45) is 1.54. The number of thiazole rings is 1. The zero-order valence-electron chi connectivity index (χ0n) is 18.7. The summed E-state index contributed by atoms with van der Waals surface area (Å²) in [4.78, 5) is 32.3. The molecule has 2 aromatic heterocycles. The lowest BCUT2D eigenvalue weighted by Crippen LogP contribution is -2.43. The molecule has 0 unspecified atom stereocenters. The van der Waals surface area contributed by atoms with Crippen molar-refractivity contribution in [2.24, 2.45) is 13.0 Å². The van der Waals surface area contributed by atoms with Crippen LogP contribution in [0.5, 0.6) is 0 Å². The van der Waals surface area contributed by atoms with Gasteiger partial charge in [-0.05, 0) is 43.2 Å². The number of fused-ring (bicyclic) bond motifs is 2. The van der Waals surface area contributed by atoms with Gasteiger partial charge in [-0.2, -0.15) is 4.31 Å². The Bertz CT molecular complexity index is 1490. The molecule has 1 amide bonds. The minimum Gasteiger partial charge on any atom is -0.355 e. The van der Waals surface area contributed by atoms with E-state index >= 15 is 0 Å². The summed E-state index contributed by atoms with van der Waals surface area (Å²) in [5, 5.41) is 2.96. The van der Waals surface area contributed by atoms with E-state index in [1.807, 2.05) is 24.3 Å². The third-order valence-electron chi connectivity index (χ3n) is 6.33. The first-order chi connectivity index (χ1) is 16.3. The summed E-state index contributed by atoms with van der Waals surface area (Å²) < 4.78 is 29.9. The van der Waals surface area contributed by atoms with Crippen molar-refractivity contribution in [2.75, 3.05) is 19.6 Å². The molecule has 2 aromatic carbocycles. The Morgan fingerprint density at radius 1 is 1.21 bits per heavy atom. The summed E-state index contributed by atoms with van der Waals surface area (Å²) >= 11 is 1.03. The van der Waals surface area contributed by atoms with E-state index in [4.69, 9.17) is 0 Å². The van der Waals surface area contributed by atoms with Crippen LogP contribution in [0.1, 0.15) is 18.7 Å². The zero-order chi connectivity index (χ0) is 23.9. The minimum absolute atomic E-state index is 0.0522. The van der Waals surface area contributed by atoms with E-state index in [2.05, 4.69) is 15.3 Å². The number of imidazole rings is 1. The fourth-order valence-electron chi connectivity index (χ4n) is 4.35. The summed E-state index contributed by atoms with van der Waals surface area (Å²) in [5.74, 6) is 0.551. The highest BCUT2D eigenvalue weighted by molar-refractivity contribution is 7.89. The van der Waals surface area contributed by atoms with Crippen LogP contribution in [-0.4, -0.2) is 52.8 Å². The molecule has 5 rings (SSSR count). The first-order valence-electron chi connectivity index (χ1n) is 11.1. The molecular formula is C23H25N5O4S2. The van der Waals surface area contributed by atoms with E-state index < -0.39 is 10.0 Å². The molecule has 0 aliphatic carbocycles. The normalized spacial score (nSPS) is 15.8. The fourth-order valence-corrected chi connectivity index (χ4v) is 6.84. The number of carbonyl (C=O) groups excluding carboxylic acids is 1. The van der Waals surface area contributed by atoms with Crippen LogP contribution >= 0.6 is 11.3 Å². The van der Waals surface area contributed by atoms with E-state index in [1.54, 1.807) is 25.2 Å². The van der Waals surface area contributed by atoms with E-state index in [1.165, 1.54) is 8.87 Å². The first kappa shape index (κ1) is 22.8. The van der Waals surface area contributed by atoms with Crippen molar-refractivity contribution in [1.82, 2.24) is 24.2 Å². The van der Waals surface area contributed by atoms with Crippen LogP contribution < -0.4 is 10.2 Å². The molecule has 9 nitrogen and oxygen atoms in total. The molecular weight excluding hydrogens is 474 g/mol. The standard InChI is InChI=1S/C23H25N5O4S2/c1-27-19-7-6-16(14-20(19)33-23(27)30)34(31,32)28-12-9-15(10-13-28)22(29)24-11-8-21-25-17-4-2-3-5-18(17)26-21/h2-7,14-15H,8-13H2,1H3,(H,24,29)(H,25,26). The second-order valence-corrected chi connectivity index (χ2v) is 11.4. The lowest BCUT2D eigenvalue weighted by Gasteiger charge is -2.30. The fraction of sp³-hybridized carbons (Fsp3) is 0.348. The lowest BCUT2D eigenvalue weighted by atomic mass is 9.97. The number of H-pyrrole nitrogens is 1. The van der Waals surface area contributed by atoms with Crippen molar-refractivity contribution in [2.45, 2.75) is 24.2 Å². The Kier molecular flexibility index (Phi) is 6.00. The lowest BCUT2D eigenvalue weighted by molar-refractivity contribution is -0.126. The highest BCUT2D eigenvalue weighted by Crippen LogP contribution is 2.27. The molecule has 1 saturated heterocycles. The number of aromatic nitrogens is 3. The van der Waals surface area contributed by atoms with Gasteiger partial charge in [0.25, 0.3) is 0 Å². The maximum Gasteiger partial charge on any atom is 0.307 e. The van der Waals surface area contributed by atoms with Crippen LogP contribution in [-0.2, 0) is 28.3 Å². The number of hydrogen-bond acceptors (Lipinski definition) is 6. The smallest absolute Gasteiger partial charge is 0.307 e. The van der Waals surface area contributed by atoms with Gasteiger partial charge in [-0.15, -0.1) is 0 Å². The average molecular weight is 500 g/mol. The highest BCUT2D eigenvalue weighted by atomic mass is 32.2. The number of piperidine rings is 1. The van der Waals surface area contributed by atoms with Gasteiger partial charge in [0.05, 0.1) is 26.1 Å². The Balaban J connectivity index is 1.16. The Labute approximate surface area is 200 Å². The van der Waals surface area contributed by atoms with Crippen molar-refractivity contribution in [3.05, 3.63) is 58.0 Å². The Morgan fingerprint density at radius 3 is 2.74 bits per heavy atom.